The standard InChI is InChI=1S/C11H12O4S/c12-11(9-4-2-1-3-5-9)15-8-10-14-6-7-16(10)13/h1-5,10H,6-8H2/t10-,16?/m0/s1. The van der Waals surface area contributed by atoms with Gasteiger partial charge in [0.15, 0.2) is 6.61 Å². The van der Waals surface area contributed by atoms with E-state index in [0.717, 1.165) is 0 Å². The Balaban J connectivity index is 1.84. The van der Waals surface area contributed by atoms with Crippen molar-refractivity contribution in [2.24, 2.45) is 0 Å². The quantitative estimate of drug-likeness (QED) is 0.583. The molecular weight excluding hydrogens is 228 g/mol. The van der Waals surface area contributed by atoms with E-state index in [1.54, 1.807) is 24.3 Å². The van der Waals surface area contributed by atoms with Crippen LogP contribution in [0.1, 0.15) is 10.4 Å². The van der Waals surface area contributed by atoms with Crippen LogP contribution >= 0.6 is 0 Å². The molecular formula is C11H12O4S. The molecule has 86 valence electrons. The van der Waals surface area contributed by atoms with Crippen LogP contribution in [-0.2, 0) is 20.6 Å². The second-order valence-corrected chi connectivity index (χ2v) is 5.05. The van der Waals surface area contributed by atoms with Gasteiger partial charge >= 0.3 is 5.97 Å². The second kappa shape index (κ2) is 5.34. The van der Waals surface area contributed by atoms with Gasteiger partial charge in [0, 0.05) is 0 Å². The Morgan fingerprint density at radius 3 is 2.88 bits per heavy atom. The van der Waals surface area contributed by atoms with Gasteiger partial charge in [-0.3, -0.25) is 0 Å². The largest absolute Gasteiger partial charge is 0.614 e. The number of ether oxygens (including phenoxy) is 2. The smallest absolute Gasteiger partial charge is 0.338 e. The average molecular weight is 240 g/mol. The maximum absolute atomic E-state index is 11.5. The summed E-state index contributed by atoms with van der Waals surface area (Å²) in [5.41, 5.74) is 0.0268. The summed E-state index contributed by atoms with van der Waals surface area (Å²) in [5, 5.41) is 0. The molecule has 0 saturated carbocycles. The van der Waals surface area contributed by atoms with Crippen molar-refractivity contribution in [2.75, 3.05) is 19.0 Å². The van der Waals surface area contributed by atoms with Gasteiger partial charge in [-0.1, -0.05) is 18.2 Å². The molecule has 1 aliphatic heterocycles. The van der Waals surface area contributed by atoms with Crippen molar-refractivity contribution >= 4 is 17.1 Å². The van der Waals surface area contributed by atoms with E-state index < -0.39 is 22.6 Å². The fraction of sp³-hybridized carbons (Fsp3) is 0.364. The predicted molar refractivity (Wildman–Crippen MR) is 59.5 cm³/mol. The Morgan fingerprint density at radius 1 is 1.50 bits per heavy atom. The number of rotatable bonds is 3. The van der Waals surface area contributed by atoms with Crippen LogP contribution in [0.5, 0.6) is 0 Å². The third-order valence-corrected chi connectivity index (χ3v) is 3.67. The number of hydrogen-bond acceptors (Lipinski definition) is 4. The molecule has 2 atom stereocenters. The Kier molecular flexibility index (Phi) is 3.82. The summed E-state index contributed by atoms with van der Waals surface area (Å²) < 4.78 is 21.5. The van der Waals surface area contributed by atoms with Crippen molar-refractivity contribution in [1.82, 2.24) is 0 Å². The molecule has 0 aromatic heterocycles. The van der Waals surface area contributed by atoms with E-state index >= 15 is 0 Å². The minimum atomic E-state index is -1.03. The lowest BCUT2D eigenvalue weighted by Gasteiger charge is -2.12. The van der Waals surface area contributed by atoms with Crippen molar-refractivity contribution in [3.63, 3.8) is 0 Å². The van der Waals surface area contributed by atoms with Gasteiger partial charge in [0.1, 0.15) is 5.75 Å². The lowest BCUT2D eigenvalue weighted by atomic mass is 10.2. The minimum Gasteiger partial charge on any atom is -0.614 e. The number of esters is 1. The molecule has 16 heavy (non-hydrogen) atoms. The molecule has 0 bridgehead atoms. The molecule has 0 spiro atoms. The first-order valence-corrected chi connectivity index (χ1v) is 6.36. The van der Waals surface area contributed by atoms with Gasteiger partial charge < -0.3 is 14.0 Å². The highest BCUT2D eigenvalue weighted by Crippen LogP contribution is 2.13. The van der Waals surface area contributed by atoms with Gasteiger partial charge in [-0.25, -0.2) is 4.79 Å². The van der Waals surface area contributed by atoms with Crippen molar-refractivity contribution in [1.29, 1.82) is 0 Å². The topological polar surface area (TPSA) is 58.6 Å². The van der Waals surface area contributed by atoms with Gasteiger partial charge in [0.2, 0.25) is 0 Å². The van der Waals surface area contributed by atoms with E-state index in [9.17, 15) is 9.35 Å². The zero-order valence-corrected chi connectivity index (χ0v) is 9.44. The highest BCUT2D eigenvalue weighted by Gasteiger charge is 2.31. The van der Waals surface area contributed by atoms with Crippen LogP contribution in [0.3, 0.4) is 0 Å². The van der Waals surface area contributed by atoms with Crippen molar-refractivity contribution in [2.45, 2.75) is 5.44 Å². The molecule has 1 fully saturated rings. The summed E-state index contributed by atoms with van der Waals surface area (Å²) >= 11 is -1.03. The third-order valence-electron chi connectivity index (χ3n) is 2.24. The maximum atomic E-state index is 11.5. The molecule has 0 N–H and O–H groups in total. The van der Waals surface area contributed by atoms with Crippen LogP contribution in [0.2, 0.25) is 0 Å². The summed E-state index contributed by atoms with van der Waals surface area (Å²) in [6, 6.07) is 8.71. The van der Waals surface area contributed by atoms with Crippen LogP contribution in [0.15, 0.2) is 30.3 Å². The van der Waals surface area contributed by atoms with E-state index in [1.165, 1.54) is 0 Å². The van der Waals surface area contributed by atoms with E-state index in [-0.39, 0.29) is 6.61 Å². The highest BCUT2D eigenvalue weighted by atomic mass is 32.2. The van der Waals surface area contributed by atoms with Gasteiger partial charge in [0.05, 0.1) is 12.2 Å². The Bertz CT molecular complexity index is 354. The number of carbonyl (C=O) groups excluding carboxylic acids is 1. The Labute approximate surface area is 96.7 Å². The summed E-state index contributed by atoms with van der Waals surface area (Å²) in [6.07, 6.45) is 0. The third kappa shape index (κ3) is 2.75. The maximum Gasteiger partial charge on any atom is 0.338 e. The minimum absolute atomic E-state index is 0.0559. The molecule has 1 saturated heterocycles. The zero-order chi connectivity index (χ0) is 11.4. The molecule has 1 aliphatic rings. The van der Waals surface area contributed by atoms with Gasteiger partial charge in [-0.2, -0.15) is 0 Å². The van der Waals surface area contributed by atoms with E-state index in [1.807, 2.05) is 6.07 Å². The molecule has 0 aliphatic carbocycles. The lowest BCUT2D eigenvalue weighted by Crippen LogP contribution is -2.25. The molecule has 4 nitrogen and oxygen atoms in total. The number of hydrogen-bond donors (Lipinski definition) is 0. The summed E-state index contributed by atoms with van der Waals surface area (Å²) in [7, 11) is 0. The van der Waals surface area contributed by atoms with E-state index in [2.05, 4.69) is 0 Å². The highest BCUT2D eigenvalue weighted by molar-refractivity contribution is 7.92. The summed E-state index contributed by atoms with van der Waals surface area (Å²) in [6.45, 7) is 0.528. The lowest BCUT2D eigenvalue weighted by molar-refractivity contribution is 0.0286. The van der Waals surface area contributed by atoms with Crippen molar-refractivity contribution in [3.05, 3.63) is 35.9 Å². The fourth-order valence-electron chi connectivity index (χ4n) is 1.39. The molecule has 2 rings (SSSR count). The molecule has 5 heteroatoms. The molecule has 0 amide bonds. The van der Waals surface area contributed by atoms with Crippen LogP contribution in [0, 0.1) is 0 Å². The Hall–Kier alpha value is -1.04. The molecule has 1 unspecified atom stereocenters. The van der Waals surface area contributed by atoms with Gasteiger partial charge in [-0.15, -0.1) is 0 Å². The van der Waals surface area contributed by atoms with Crippen LogP contribution in [-0.4, -0.2) is 34.9 Å². The molecule has 1 heterocycles. The van der Waals surface area contributed by atoms with E-state index in [4.69, 9.17) is 9.47 Å². The number of benzene rings is 1. The first kappa shape index (κ1) is 11.4. The Morgan fingerprint density at radius 2 is 2.25 bits per heavy atom. The zero-order valence-electron chi connectivity index (χ0n) is 8.63. The first-order chi connectivity index (χ1) is 7.77. The molecule has 0 radical (unpaired) electrons. The summed E-state index contributed by atoms with van der Waals surface area (Å²) in [5.74, 6) is 0.112. The predicted octanol–water partition coefficient (Wildman–Crippen LogP) is 0.948. The van der Waals surface area contributed by atoms with Crippen LogP contribution < -0.4 is 0 Å². The fourth-order valence-corrected chi connectivity index (χ4v) is 2.39. The average Bonchev–Trinajstić information content (AvgIpc) is 2.73. The molecule has 1 aromatic carbocycles. The first-order valence-electron chi connectivity index (χ1n) is 4.98. The SMILES string of the molecule is O=C(OC[C@H]1OCC[S+]1[O-])c1ccccc1. The van der Waals surface area contributed by atoms with Crippen LogP contribution in [0.4, 0.5) is 0 Å². The van der Waals surface area contributed by atoms with Crippen molar-refractivity contribution in [3.8, 4) is 0 Å². The summed E-state index contributed by atoms with van der Waals surface area (Å²) in [4.78, 5) is 11.5. The van der Waals surface area contributed by atoms with Crippen LogP contribution in [0.25, 0.3) is 0 Å². The number of carbonyl (C=O) groups is 1. The normalized spacial score (nSPS) is 24.3. The van der Waals surface area contributed by atoms with E-state index in [0.29, 0.717) is 17.9 Å². The van der Waals surface area contributed by atoms with Crippen molar-refractivity contribution < 1.29 is 18.8 Å². The molecule has 1 aromatic rings. The monoisotopic (exact) mass is 240 g/mol. The van der Waals surface area contributed by atoms with Gasteiger partial charge in [0.25, 0.3) is 5.44 Å². The van der Waals surface area contributed by atoms with Gasteiger partial charge in [-0.05, 0) is 23.3 Å². The second-order valence-electron chi connectivity index (χ2n) is 3.35.